The molecule has 1 atom stereocenters. The molecule has 0 bridgehead atoms. The zero-order chi connectivity index (χ0) is 16.4. The van der Waals surface area contributed by atoms with Gasteiger partial charge in [-0.1, -0.05) is 12.1 Å². The van der Waals surface area contributed by atoms with Gasteiger partial charge in [0.25, 0.3) is 0 Å². The van der Waals surface area contributed by atoms with Crippen molar-refractivity contribution in [3.63, 3.8) is 0 Å². The minimum absolute atomic E-state index is 0.100. The maximum atomic E-state index is 11.9. The van der Waals surface area contributed by atoms with Crippen LogP contribution in [0.2, 0.25) is 0 Å². The minimum Gasteiger partial charge on any atom is -0.478 e. The van der Waals surface area contributed by atoms with Gasteiger partial charge in [0.05, 0.1) is 11.1 Å². The fourth-order valence-corrected chi connectivity index (χ4v) is 1.74. The van der Waals surface area contributed by atoms with E-state index in [1.165, 1.54) is 12.1 Å². The van der Waals surface area contributed by atoms with Gasteiger partial charge in [0.15, 0.2) is 0 Å². The van der Waals surface area contributed by atoms with Gasteiger partial charge in [0.2, 0.25) is 0 Å². The fourth-order valence-electron chi connectivity index (χ4n) is 1.74. The topological polar surface area (TPSA) is 127 Å². The van der Waals surface area contributed by atoms with Crippen LogP contribution in [-0.4, -0.2) is 33.7 Å². The predicted octanol–water partition coefficient (Wildman–Crippen LogP) is 1.42. The number of nitrogens with two attached hydrogens (primary N) is 1. The van der Waals surface area contributed by atoms with E-state index in [9.17, 15) is 19.5 Å². The molecule has 0 amide bonds. The SMILES string of the molecule is CC(C)(C)OC(=O)C(N)c1cccc(C(=O)O)c1C(=O)O. The number of rotatable bonds is 4. The van der Waals surface area contributed by atoms with Crippen molar-refractivity contribution in [2.24, 2.45) is 5.73 Å². The number of aromatic carboxylic acids is 2. The van der Waals surface area contributed by atoms with Crippen LogP contribution in [0.25, 0.3) is 0 Å². The Bertz CT molecular complexity index is 588. The standard InChI is InChI=1S/C14H17NO6/c1-14(2,3)21-13(20)10(15)7-5-4-6-8(11(16)17)9(7)12(18)19/h4-6,10H,15H2,1-3H3,(H,16,17)(H,18,19). The number of carboxylic acid groups (broad SMARTS) is 2. The predicted molar refractivity (Wildman–Crippen MR) is 73.1 cm³/mol. The smallest absolute Gasteiger partial charge is 0.336 e. The van der Waals surface area contributed by atoms with Crippen LogP contribution in [0.1, 0.15) is 53.1 Å². The Labute approximate surface area is 121 Å². The Hall–Kier alpha value is -2.41. The molecule has 1 unspecified atom stereocenters. The molecule has 1 aromatic rings. The first kappa shape index (κ1) is 16.6. The number of ether oxygens (including phenoxy) is 1. The van der Waals surface area contributed by atoms with Crippen LogP contribution in [-0.2, 0) is 9.53 Å². The molecule has 114 valence electrons. The van der Waals surface area contributed by atoms with Crippen molar-refractivity contribution >= 4 is 17.9 Å². The van der Waals surface area contributed by atoms with Crippen LogP contribution in [0.15, 0.2) is 18.2 Å². The Kier molecular flexibility index (Phi) is 4.69. The van der Waals surface area contributed by atoms with Crippen molar-refractivity contribution in [1.29, 1.82) is 0 Å². The summed E-state index contributed by atoms with van der Waals surface area (Å²) in [6.45, 7) is 4.93. The van der Waals surface area contributed by atoms with Gasteiger partial charge in [0, 0.05) is 0 Å². The van der Waals surface area contributed by atoms with Crippen LogP contribution in [0.3, 0.4) is 0 Å². The zero-order valence-electron chi connectivity index (χ0n) is 11.9. The lowest BCUT2D eigenvalue weighted by Gasteiger charge is -2.23. The molecule has 0 fully saturated rings. The normalized spacial score (nSPS) is 12.6. The van der Waals surface area contributed by atoms with E-state index in [2.05, 4.69) is 0 Å². The summed E-state index contributed by atoms with van der Waals surface area (Å²) in [5.41, 5.74) is 3.89. The highest BCUT2D eigenvalue weighted by Crippen LogP contribution is 2.23. The third-order valence-corrected chi connectivity index (χ3v) is 2.54. The molecule has 1 aromatic carbocycles. The summed E-state index contributed by atoms with van der Waals surface area (Å²) in [7, 11) is 0. The number of benzene rings is 1. The number of carbonyl (C=O) groups is 3. The molecular formula is C14H17NO6. The van der Waals surface area contributed by atoms with E-state index in [-0.39, 0.29) is 5.56 Å². The summed E-state index contributed by atoms with van der Waals surface area (Å²) >= 11 is 0. The molecule has 4 N–H and O–H groups in total. The molecule has 0 aliphatic heterocycles. The van der Waals surface area contributed by atoms with Crippen LogP contribution in [0.4, 0.5) is 0 Å². The third kappa shape index (κ3) is 4.03. The van der Waals surface area contributed by atoms with Crippen LogP contribution >= 0.6 is 0 Å². The van der Waals surface area contributed by atoms with Crippen molar-refractivity contribution in [2.45, 2.75) is 32.4 Å². The fraction of sp³-hybridized carbons (Fsp3) is 0.357. The number of hydrogen-bond acceptors (Lipinski definition) is 5. The minimum atomic E-state index is -1.47. The van der Waals surface area contributed by atoms with Crippen molar-refractivity contribution in [2.75, 3.05) is 0 Å². The summed E-state index contributed by atoms with van der Waals surface area (Å²) < 4.78 is 5.08. The summed E-state index contributed by atoms with van der Waals surface area (Å²) in [5.74, 6) is -3.71. The molecule has 0 aliphatic carbocycles. The second-order valence-corrected chi connectivity index (χ2v) is 5.39. The van der Waals surface area contributed by atoms with Gasteiger partial charge in [-0.25, -0.2) is 14.4 Å². The Morgan fingerprint density at radius 1 is 1.14 bits per heavy atom. The Balaban J connectivity index is 3.30. The molecule has 0 saturated carbocycles. The van der Waals surface area contributed by atoms with Gasteiger partial charge in [-0.15, -0.1) is 0 Å². The van der Waals surface area contributed by atoms with Gasteiger partial charge in [-0.05, 0) is 32.4 Å². The maximum Gasteiger partial charge on any atom is 0.336 e. The monoisotopic (exact) mass is 295 g/mol. The first-order valence-electron chi connectivity index (χ1n) is 6.12. The first-order valence-corrected chi connectivity index (χ1v) is 6.12. The van der Waals surface area contributed by atoms with Crippen molar-refractivity contribution in [3.05, 3.63) is 34.9 Å². The van der Waals surface area contributed by atoms with E-state index in [0.717, 1.165) is 6.07 Å². The average molecular weight is 295 g/mol. The van der Waals surface area contributed by atoms with Crippen LogP contribution < -0.4 is 5.73 Å². The number of esters is 1. The van der Waals surface area contributed by atoms with E-state index in [4.69, 9.17) is 15.6 Å². The summed E-state index contributed by atoms with van der Waals surface area (Å²) in [4.78, 5) is 34.3. The van der Waals surface area contributed by atoms with Gasteiger partial charge in [-0.2, -0.15) is 0 Å². The van der Waals surface area contributed by atoms with Gasteiger partial charge in [-0.3, -0.25) is 0 Å². The van der Waals surface area contributed by atoms with Gasteiger partial charge >= 0.3 is 17.9 Å². The molecule has 0 spiro atoms. The number of carbonyl (C=O) groups excluding carboxylic acids is 1. The van der Waals surface area contributed by atoms with E-state index in [0.29, 0.717) is 0 Å². The molecule has 7 heteroatoms. The van der Waals surface area contributed by atoms with Crippen molar-refractivity contribution in [1.82, 2.24) is 0 Å². The third-order valence-electron chi connectivity index (χ3n) is 2.54. The van der Waals surface area contributed by atoms with Gasteiger partial charge in [0.1, 0.15) is 11.6 Å². The lowest BCUT2D eigenvalue weighted by atomic mass is 9.96. The van der Waals surface area contributed by atoms with Crippen molar-refractivity contribution < 1.29 is 29.3 Å². The lowest BCUT2D eigenvalue weighted by Crippen LogP contribution is -2.32. The van der Waals surface area contributed by atoms with Crippen molar-refractivity contribution in [3.8, 4) is 0 Å². The lowest BCUT2D eigenvalue weighted by molar-refractivity contribution is -0.156. The molecule has 0 aromatic heterocycles. The number of hydrogen-bond donors (Lipinski definition) is 3. The average Bonchev–Trinajstić information content (AvgIpc) is 2.34. The highest BCUT2D eigenvalue weighted by molar-refractivity contribution is 6.03. The van der Waals surface area contributed by atoms with Crippen LogP contribution in [0.5, 0.6) is 0 Å². The maximum absolute atomic E-state index is 11.9. The second-order valence-electron chi connectivity index (χ2n) is 5.39. The highest BCUT2D eigenvalue weighted by atomic mass is 16.6. The molecular weight excluding hydrogens is 278 g/mol. The largest absolute Gasteiger partial charge is 0.478 e. The Morgan fingerprint density at radius 2 is 1.71 bits per heavy atom. The summed E-state index contributed by atoms with van der Waals surface area (Å²) in [5, 5.41) is 18.2. The molecule has 0 heterocycles. The van der Waals surface area contributed by atoms with Crippen LogP contribution in [0, 0.1) is 0 Å². The van der Waals surface area contributed by atoms with E-state index >= 15 is 0 Å². The molecule has 1 rings (SSSR count). The molecule has 21 heavy (non-hydrogen) atoms. The summed E-state index contributed by atoms with van der Waals surface area (Å²) in [6.07, 6.45) is 0. The highest BCUT2D eigenvalue weighted by Gasteiger charge is 2.29. The quantitative estimate of drug-likeness (QED) is 0.717. The van der Waals surface area contributed by atoms with E-state index in [1.807, 2.05) is 0 Å². The zero-order valence-corrected chi connectivity index (χ0v) is 11.9. The van der Waals surface area contributed by atoms with E-state index < -0.39 is 40.7 Å². The first-order chi connectivity index (χ1) is 9.54. The number of carboxylic acids is 2. The summed E-state index contributed by atoms with van der Waals surface area (Å²) in [6, 6.07) is 2.38. The second kappa shape index (κ2) is 5.92. The Morgan fingerprint density at radius 3 is 2.14 bits per heavy atom. The van der Waals surface area contributed by atoms with Gasteiger partial charge < -0.3 is 20.7 Å². The van der Waals surface area contributed by atoms with E-state index in [1.54, 1.807) is 20.8 Å². The molecule has 0 saturated heterocycles. The molecule has 0 aliphatic rings. The molecule has 7 nitrogen and oxygen atoms in total. The molecule has 0 radical (unpaired) electrons.